The number of carbonyl (C=O) groups excluding carboxylic acids is 1. The summed E-state index contributed by atoms with van der Waals surface area (Å²) in [6.45, 7) is 11.9. The van der Waals surface area contributed by atoms with Crippen LogP contribution < -0.4 is 0 Å². The molecule has 0 aliphatic rings. The molecule has 20 heavy (non-hydrogen) atoms. The van der Waals surface area contributed by atoms with Crippen molar-refractivity contribution in [2.24, 2.45) is 5.41 Å². The molecule has 0 aliphatic heterocycles. The summed E-state index contributed by atoms with van der Waals surface area (Å²) in [6, 6.07) is 0. The second-order valence-electron chi connectivity index (χ2n) is 7.06. The first-order valence-corrected chi connectivity index (χ1v) is 7.58. The Hall–Kier alpha value is -0.830. The number of aliphatic hydroxyl groups excluding tert-OH is 1. The van der Waals surface area contributed by atoms with E-state index in [4.69, 9.17) is 9.84 Å². The van der Waals surface area contributed by atoms with Crippen LogP contribution in [0.1, 0.15) is 73.6 Å². The Labute approximate surface area is 124 Å². The van der Waals surface area contributed by atoms with E-state index >= 15 is 0 Å². The maximum Gasteiger partial charge on any atom is 0.312 e. The highest BCUT2D eigenvalue weighted by Crippen LogP contribution is 2.33. The highest BCUT2D eigenvalue weighted by atomic mass is 16.6. The number of hydrogen-bond acceptors (Lipinski definition) is 3. The fourth-order valence-corrected chi connectivity index (χ4v) is 2.08. The van der Waals surface area contributed by atoms with Gasteiger partial charge in [0.15, 0.2) is 0 Å². The van der Waals surface area contributed by atoms with Gasteiger partial charge in [-0.05, 0) is 73.6 Å². The summed E-state index contributed by atoms with van der Waals surface area (Å²) < 4.78 is 5.54. The van der Waals surface area contributed by atoms with Crippen LogP contribution in [0.15, 0.2) is 11.6 Å². The molecule has 1 atom stereocenters. The van der Waals surface area contributed by atoms with E-state index in [0.29, 0.717) is 12.8 Å². The van der Waals surface area contributed by atoms with E-state index < -0.39 is 11.0 Å². The number of rotatable bonds is 8. The zero-order valence-corrected chi connectivity index (χ0v) is 14.1. The maximum absolute atomic E-state index is 12.4. The fourth-order valence-electron chi connectivity index (χ4n) is 2.08. The Morgan fingerprint density at radius 1 is 1.10 bits per heavy atom. The maximum atomic E-state index is 12.4. The molecule has 0 amide bonds. The molecule has 0 spiro atoms. The topological polar surface area (TPSA) is 46.5 Å². The number of carbonyl (C=O) groups is 1. The monoisotopic (exact) mass is 284 g/mol. The van der Waals surface area contributed by atoms with Crippen LogP contribution in [0.2, 0.25) is 0 Å². The lowest BCUT2D eigenvalue weighted by Crippen LogP contribution is -2.36. The van der Waals surface area contributed by atoms with Crippen LogP contribution in [0.5, 0.6) is 0 Å². The van der Waals surface area contributed by atoms with Gasteiger partial charge in [0.1, 0.15) is 5.60 Å². The molecular weight excluding hydrogens is 252 g/mol. The van der Waals surface area contributed by atoms with Crippen molar-refractivity contribution in [1.82, 2.24) is 0 Å². The summed E-state index contributed by atoms with van der Waals surface area (Å²) in [5.41, 5.74) is 0.350. The minimum atomic E-state index is -0.495. The third kappa shape index (κ3) is 8.36. The third-order valence-electron chi connectivity index (χ3n) is 3.26. The first-order valence-electron chi connectivity index (χ1n) is 7.58. The van der Waals surface area contributed by atoms with Gasteiger partial charge in [0.25, 0.3) is 0 Å². The normalized spacial score (nSPS) is 14.6. The molecule has 3 heteroatoms. The molecule has 3 nitrogen and oxygen atoms in total. The SMILES string of the molecule is CC(C)=CCCCC(C)(CCCO)C(=O)OC(C)(C)C. The van der Waals surface area contributed by atoms with Crippen LogP contribution in [-0.4, -0.2) is 23.3 Å². The Balaban J connectivity index is 4.64. The minimum absolute atomic E-state index is 0.117. The van der Waals surface area contributed by atoms with Crippen molar-refractivity contribution in [2.45, 2.75) is 79.2 Å². The number of esters is 1. The van der Waals surface area contributed by atoms with Gasteiger partial charge in [0.05, 0.1) is 5.41 Å². The Morgan fingerprint density at radius 2 is 1.65 bits per heavy atom. The summed E-state index contributed by atoms with van der Waals surface area (Å²) in [5, 5.41) is 9.03. The van der Waals surface area contributed by atoms with Crippen LogP contribution >= 0.6 is 0 Å². The van der Waals surface area contributed by atoms with E-state index in [1.165, 1.54) is 5.57 Å². The number of ether oxygens (including phenoxy) is 1. The Kier molecular flexibility index (Phi) is 8.10. The molecule has 0 aromatic carbocycles. The molecule has 0 aromatic heterocycles. The van der Waals surface area contributed by atoms with Crippen molar-refractivity contribution in [3.05, 3.63) is 11.6 Å². The van der Waals surface area contributed by atoms with E-state index in [2.05, 4.69) is 19.9 Å². The lowest BCUT2D eigenvalue weighted by molar-refractivity contribution is -0.167. The molecule has 0 fully saturated rings. The molecule has 0 aliphatic carbocycles. The molecule has 0 rings (SSSR count). The molecule has 0 saturated carbocycles. The summed E-state index contributed by atoms with van der Waals surface area (Å²) in [4.78, 5) is 12.4. The lowest BCUT2D eigenvalue weighted by atomic mass is 9.80. The van der Waals surface area contributed by atoms with Gasteiger partial charge in [-0.2, -0.15) is 0 Å². The fraction of sp³-hybridized carbons (Fsp3) is 0.824. The summed E-state index contributed by atoms with van der Waals surface area (Å²) in [5.74, 6) is -0.143. The zero-order valence-electron chi connectivity index (χ0n) is 14.1. The summed E-state index contributed by atoms with van der Waals surface area (Å²) in [7, 11) is 0. The van der Waals surface area contributed by atoms with Crippen LogP contribution in [0.3, 0.4) is 0 Å². The first kappa shape index (κ1) is 19.2. The van der Waals surface area contributed by atoms with Gasteiger partial charge in [0.2, 0.25) is 0 Å². The van der Waals surface area contributed by atoms with Crippen molar-refractivity contribution in [3.63, 3.8) is 0 Å². The first-order chi connectivity index (χ1) is 9.10. The molecule has 0 bridgehead atoms. The number of aliphatic hydroxyl groups is 1. The van der Waals surface area contributed by atoms with Gasteiger partial charge >= 0.3 is 5.97 Å². The predicted octanol–water partition coefficient (Wildman–Crippen LogP) is 4.24. The van der Waals surface area contributed by atoms with E-state index in [0.717, 1.165) is 19.3 Å². The molecule has 1 unspecified atom stereocenters. The second kappa shape index (κ2) is 8.46. The zero-order chi connectivity index (χ0) is 15.8. The van der Waals surface area contributed by atoms with Crippen LogP contribution in [0.25, 0.3) is 0 Å². The van der Waals surface area contributed by atoms with Crippen molar-refractivity contribution in [2.75, 3.05) is 6.61 Å². The molecule has 0 radical (unpaired) electrons. The molecule has 1 N–H and O–H groups in total. The average Bonchev–Trinajstić information content (AvgIpc) is 2.29. The van der Waals surface area contributed by atoms with Gasteiger partial charge < -0.3 is 9.84 Å². The van der Waals surface area contributed by atoms with Gasteiger partial charge in [-0.15, -0.1) is 0 Å². The van der Waals surface area contributed by atoms with Gasteiger partial charge in [-0.1, -0.05) is 11.6 Å². The van der Waals surface area contributed by atoms with Crippen molar-refractivity contribution < 1.29 is 14.6 Å². The third-order valence-corrected chi connectivity index (χ3v) is 3.26. The van der Waals surface area contributed by atoms with E-state index in [1.54, 1.807) is 0 Å². The predicted molar refractivity (Wildman–Crippen MR) is 83.6 cm³/mol. The molecule has 118 valence electrons. The smallest absolute Gasteiger partial charge is 0.312 e. The quantitative estimate of drug-likeness (QED) is 0.412. The van der Waals surface area contributed by atoms with Crippen LogP contribution in [0.4, 0.5) is 0 Å². The van der Waals surface area contributed by atoms with E-state index in [9.17, 15) is 4.79 Å². The number of hydrogen-bond donors (Lipinski definition) is 1. The van der Waals surface area contributed by atoms with Crippen LogP contribution in [-0.2, 0) is 9.53 Å². The van der Waals surface area contributed by atoms with E-state index in [1.807, 2.05) is 27.7 Å². The van der Waals surface area contributed by atoms with Gasteiger partial charge in [-0.25, -0.2) is 0 Å². The van der Waals surface area contributed by atoms with Crippen LogP contribution in [0, 0.1) is 5.41 Å². The Morgan fingerprint density at radius 3 is 2.10 bits per heavy atom. The Bertz CT molecular complexity index is 322. The minimum Gasteiger partial charge on any atom is -0.460 e. The van der Waals surface area contributed by atoms with Crippen molar-refractivity contribution in [3.8, 4) is 0 Å². The second-order valence-corrected chi connectivity index (χ2v) is 7.06. The van der Waals surface area contributed by atoms with Crippen molar-refractivity contribution in [1.29, 1.82) is 0 Å². The van der Waals surface area contributed by atoms with Gasteiger partial charge in [-0.3, -0.25) is 4.79 Å². The average molecular weight is 284 g/mol. The van der Waals surface area contributed by atoms with Gasteiger partial charge in [0, 0.05) is 6.61 Å². The van der Waals surface area contributed by atoms with E-state index in [-0.39, 0.29) is 12.6 Å². The number of allylic oxidation sites excluding steroid dienone is 2. The highest BCUT2D eigenvalue weighted by molar-refractivity contribution is 5.76. The standard InChI is InChI=1S/C17H32O3/c1-14(2)10-7-8-11-17(6,12-9-13-18)15(19)20-16(3,4)5/h10,18H,7-9,11-13H2,1-6H3. The largest absolute Gasteiger partial charge is 0.460 e. The summed E-state index contributed by atoms with van der Waals surface area (Å²) in [6.07, 6.45) is 6.26. The van der Waals surface area contributed by atoms with Crippen molar-refractivity contribution >= 4 is 5.97 Å². The molecule has 0 heterocycles. The highest BCUT2D eigenvalue weighted by Gasteiger charge is 2.35. The molecule has 0 saturated heterocycles. The summed E-state index contributed by atoms with van der Waals surface area (Å²) >= 11 is 0. The molecular formula is C17H32O3. The lowest BCUT2D eigenvalue weighted by Gasteiger charge is -2.31. The molecule has 0 aromatic rings. The number of unbranched alkanes of at least 4 members (excludes halogenated alkanes) is 1.